The van der Waals surface area contributed by atoms with Crippen LogP contribution in [0.4, 0.5) is 0 Å². The van der Waals surface area contributed by atoms with Crippen LogP contribution in [-0.2, 0) is 20.9 Å². The van der Waals surface area contributed by atoms with Crippen LogP contribution < -0.4 is 10.6 Å². The summed E-state index contributed by atoms with van der Waals surface area (Å²) in [4.78, 5) is 25.9. The number of likely N-dealkylation sites (N-methyl/N-ethyl adjacent to an activating group) is 1. The van der Waals surface area contributed by atoms with Gasteiger partial charge in [0.15, 0.2) is 0 Å². The van der Waals surface area contributed by atoms with E-state index in [0.717, 1.165) is 11.1 Å². The van der Waals surface area contributed by atoms with Gasteiger partial charge in [-0.25, -0.2) is 0 Å². The van der Waals surface area contributed by atoms with Gasteiger partial charge in [-0.15, -0.1) is 6.58 Å². The third-order valence-electron chi connectivity index (χ3n) is 5.26. The van der Waals surface area contributed by atoms with Gasteiger partial charge in [0.05, 0.1) is 19.1 Å². The summed E-state index contributed by atoms with van der Waals surface area (Å²) in [5, 5.41) is 5.63. The van der Waals surface area contributed by atoms with Crippen molar-refractivity contribution in [1.29, 1.82) is 0 Å². The topological polar surface area (TPSA) is 67.4 Å². The molecule has 2 amide bonds. The second-order valence-electron chi connectivity index (χ2n) is 8.71. The van der Waals surface area contributed by atoms with E-state index in [4.69, 9.17) is 4.74 Å². The van der Waals surface area contributed by atoms with Crippen molar-refractivity contribution < 1.29 is 14.3 Å². The van der Waals surface area contributed by atoms with Gasteiger partial charge in [-0.3, -0.25) is 9.59 Å². The lowest BCUT2D eigenvalue weighted by molar-refractivity contribution is -0.132. The number of benzene rings is 2. The molecule has 0 aliphatic heterocycles. The molecular weight excluding hydrogens is 388 g/mol. The molecule has 5 heteroatoms. The Morgan fingerprint density at radius 3 is 2.10 bits per heavy atom. The Hall–Kier alpha value is -2.92. The van der Waals surface area contributed by atoms with Crippen LogP contribution in [0.3, 0.4) is 0 Å². The molecule has 2 aromatic carbocycles. The van der Waals surface area contributed by atoms with E-state index in [1.807, 2.05) is 81.4 Å². The Kier molecular flexibility index (Phi) is 9.01. The molecule has 2 aromatic rings. The maximum Gasteiger partial charge on any atom is 0.242 e. The minimum Gasteiger partial charge on any atom is -0.376 e. The van der Waals surface area contributed by atoms with Crippen LogP contribution in [-0.4, -0.2) is 31.5 Å². The number of amides is 2. The van der Waals surface area contributed by atoms with Crippen LogP contribution in [0.2, 0.25) is 0 Å². The highest BCUT2D eigenvalue weighted by atomic mass is 16.5. The summed E-state index contributed by atoms with van der Waals surface area (Å²) < 4.78 is 5.94. The average molecular weight is 423 g/mol. The Labute approximate surface area is 185 Å². The van der Waals surface area contributed by atoms with Gasteiger partial charge in [-0.1, -0.05) is 87.5 Å². The van der Waals surface area contributed by atoms with E-state index in [0.29, 0.717) is 13.2 Å². The van der Waals surface area contributed by atoms with E-state index in [-0.39, 0.29) is 17.7 Å². The molecule has 2 rings (SSSR count). The van der Waals surface area contributed by atoms with Crippen LogP contribution in [0.5, 0.6) is 0 Å². The number of rotatable bonds is 10. The third kappa shape index (κ3) is 7.07. The van der Waals surface area contributed by atoms with E-state index < -0.39 is 17.4 Å². The molecular formula is C26H34N2O3. The van der Waals surface area contributed by atoms with Crippen molar-refractivity contribution in [2.24, 2.45) is 11.3 Å². The zero-order chi connectivity index (χ0) is 22.9. The molecule has 0 heterocycles. The lowest BCUT2D eigenvalue weighted by atomic mass is 9.82. The summed E-state index contributed by atoms with van der Waals surface area (Å²) in [6.07, 6.45) is 1.76. The first-order chi connectivity index (χ1) is 14.8. The monoisotopic (exact) mass is 422 g/mol. The number of hydrogen-bond acceptors (Lipinski definition) is 3. The minimum absolute atomic E-state index is 0.219. The van der Waals surface area contributed by atoms with Crippen molar-refractivity contribution in [3.8, 4) is 0 Å². The van der Waals surface area contributed by atoms with E-state index in [2.05, 4.69) is 17.2 Å². The minimum atomic E-state index is -0.660. The highest BCUT2D eigenvalue weighted by Gasteiger charge is 2.36. The number of nitrogens with one attached hydrogen (secondary N) is 2. The lowest BCUT2D eigenvalue weighted by Crippen LogP contribution is -2.54. The van der Waals surface area contributed by atoms with Gasteiger partial charge in [0.25, 0.3) is 0 Å². The molecule has 5 nitrogen and oxygen atoms in total. The lowest BCUT2D eigenvalue weighted by Gasteiger charge is -2.32. The molecule has 31 heavy (non-hydrogen) atoms. The van der Waals surface area contributed by atoms with E-state index in [1.54, 1.807) is 13.1 Å². The average Bonchev–Trinajstić information content (AvgIpc) is 2.76. The maximum absolute atomic E-state index is 13.5. The fourth-order valence-corrected chi connectivity index (χ4v) is 3.49. The Balaban J connectivity index is 2.23. The Bertz CT molecular complexity index is 844. The highest BCUT2D eigenvalue weighted by molar-refractivity contribution is 5.91. The number of hydrogen-bond donors (Lipinski definition) is 2. The summed E-state index contributed by atoms with van der Waals surface area (Å²) in [6.45, 7) is 10.5. The second kappa shape index (κ2) is 11.5. The van der Waals surface area contributed by atoms with Crippen LogP contribution in [0.15, 0.2) is 73.3 Å². The van der Waals surface area contributed by atoms with E-state index in [9.17, 15) is 9.59 Å². The fourth-order valence-electron chi connectivity index (χ4n) is 3.49. The molecule has 0 fully saturated rings. The van der Waals surface area contributed by atoms with Crippen LogP contribution in [0, 0.1) is 11.3 Å². The molecule has 0 aromatic heterocycles. The van der Waals surface area contributed by atoms with Crippen molar-refractivity contribution in [2.75, 3.05) is 13.7 Å². The quantitative estimate of drug-likeness (QED) is 0.567. The molecule has 0 unspecified atom stereocenters. The number of ether oxygens (including phenoxy) is 1. The highest BCUT2D eigenvalue weighted by Crippen LogP contribution is 2.28. The van der Waals surface area contributed by atoms with Gasteiger partial charge in [-0.05, 0) is 16.5 Å². The molecule has 0 bridgehead atoms. The van der Waals surface area contributed by atoms with Crippen molar-refractivity contribution in [3.05, 3.63) is 84.4 Å². The Morgan fingerprint density at radius 2 is 1.58 bits per heavy atom. The molecule has 0 saturated heterocycles. The standard InChI is InChI=1S/C26H34N2O3/c1-6-20(18-31-17-19-13-9-7-10-14-19)22(21-15-11-8-12-16-21)24(29)28-23(25(30)27-5)26(2,3)4/h6-16,20,22-23H,1,17-18H2,2-5H3,(H,27,30)(H,28,29)/t20-,22-,23+/m0/s1. The molecule has 166 valence electrons. The van der Waals surface area contributed by atoms with E-state index >= 15 is 0 Å². The van der Waals surface area contributed by atoms with Crippen LogP contribution in [0.25, 0.3) is 0 Å². The first kappa shape index (κ1) is 24.4. The van der Waals surface area contributed by atoms with Crippen molar-refractivity contribution >= 4 is 11.8 Å². The zero-order valence-electron chi connectivity index (χ0n) is 18.9. The summed E-state index contributed by atoms with van der Waals surface area (Å²) in [6, 6.07) is 18.8. The third-order valence-corrected chi connectivity index (χ3v) is 5.26. The smallest absolute Gasteiger partial charge is 0.242 e. The maximum atomic E-state index is 13.5. The van der Waals surface area contributed by atoms with Gasteiger partial charge in [0, 0.05) is 13.0 Å². The van der Waals surface area contributed by atoms with E-state index in [1.165, 1.54) is 0 Å². The molecule has 2 N–H and O–H groups in total. The van der Waals surface area contributed by atoms with Crippen molar-refractivity contribution in [1.82, 2.24) is 10.6 Å². The molecule has 0 saturated carbocycles. The summed E-state index contributed by atoms with van der Waals surface area (Å²) >= 11 is 0. The van der Waals surface area contributed by atoms with Gasteiger partial charge in [-0.2, -0.15) is 0 Å². The molecule has 0 aliphatic rings. The summed E-state index contributed by atoms with van der Waals surface area (Å²) in [5.41, 5.74) is 1.49. The number of carbonyl (C=O) groups is 2. The fraction of sp³-hybridized carbons (Fsp3) is 0.385. The number of carbonyl (C=O) groups excluding carboxylic acids is 2. The molecule has 0 aliphatic carbocycles. The van der Waals surface area contributed by atoms with Crippen LogP contribution in [0.1, 0.15) is 37.8 Å². The predicted octanol–water partition coefficient (Wildman–Crippen LogP) is 4.07. The van der Waals surface area contributed by atoms with Crippen molar-refractivity contribution in [3.63, 3.8) is 0 Å². The largest absolute Gasteiger partial charge is 0.376 e. The van der Waals surface area contributed by atoms with Gasteiger partial charge in [0.1, 0.15) is 6.04 Å². The van der Waals surface area contributed by atoms with Crippen molar-refractivity contribution in [2.45, 2.75) is 39.3 Å². The van der Waals surface area contributed by atoms with Gasteiger partial charge in [0.2, 0.25) is 11.8 Å². The summed E-state index contributed by atoms with van der Waals surface area (Å²) in [7, 11) is 1.58. The first-order valence-corrected chi connectivity index (χ1v) is 10.6. The molecule has 0 radical (unpaired) electrons. The normalized spacial score (nSPS) is 14.2. The van der Waals surface area contributed by atoms with Gasteiger partial charge >= 0.3 is 0 Å². The molecule has 0 spiro atoms. The van der Waals surface area contributed by atoms with Crippen LogP contribution >= 0.6 is 0 Å². The predicted molar refractivity (Wildman–Crippen MR) is 124 cm³/mol. The Morgan fingerprint density at radius 1 is 1.00 bits per heavy atom. The second-order valence-corrected chi connectivity index (χ2v) is 8.71. The zero-order valence-corrected chi connectivity index (χ0v) is 18.9. The first-order valence-electron chi connectivity index (χ1n) is 10.6. The van der Waals surface area contributed by atoms with Gasteiger partial charge < -0.3 is 15.4 Å². The summed E-state index contributed by atoms with van der Waals surface area (Å²) in [5.74, 6) is -1.22. The SMILES string of the molecule is C=C[C@@H](COCc1ccccc1)[C@H](C(=O)N[C@H](C(=O)NC)C(C)(C)C)c1ccccc1. The molecule has 3 atom stereocenters.